The van der Waals surface area contributed by atoms with Crippen molar-refractivity contribution in [1.29, 1.82) is 0 Å². The van der Waals surface area contributed by atoms with Crippen LogP contribution < -0.4 is 19.5 Å². The molecule has 0 radical (unpaired) electrons. The predicted molar refractivity (Wildman–Crippen MR) is 92.8 cm³/mol. The summed E-state index contributed by atoms with van der Waals surface area (Å²) >= 11 is 0. The van der Waals surface area contributed by atoms with Gasteiger partial charge in [0.1, 0.15) is 12.4 Å². The van der Waals surface area contributed by atoms with E-state index in [9.17, 15) is 4.79 Å². The number of hydrogen-bond donors (Lipinski definition) is 1. The van der Waals surface area contributed by atoms with E-state index in [4.69, 9.17) is 14.2 Å². The maximum atomic E-state index is 12.1. The summed E-state index contributed by atoms with van der Waals surface area (Å²) in [4.78, 5) is 12.1. The summed E-state index contributed by atoms with van der Waals surface area (Å²) in [5.41, 5.74) is 1.09. The second-order valence-corrected chi connectivity index (χ2v) is 5.37. The van der Waals surface area contributed by atoms with Gasteiger partial charge in [-0.05, 0) is 43.7 Å². The molecule has 5 nitrogen and oxygen atoms in total. The molecule has 128 valence electrons. The van der Waals surface area contributed by atoms with E-state index in [2.05, 4.69) is 5.32 Å². The van der Waals surface area contributed by atoms with Crippen LogP contribution in [-0.4, -0.2) is 32.3 Å². The third-order valence-corrected chi connectivity index (χ3v) is 3.40. The van der Waals surface area contributed by atoms with Gasteiger partial charge in [-0.25, -0.2) is 0 Å². The van der Waals surface area contributed by atoms with Crippen molar-refractivity contribution in [3.63, 3.8) is 0 Å². The number of rotatable bonds is 8. The van der Waals surface area contributed by atoms with E-state index in [1.807, 2.05) is 55.5 Å². The van der Waals surface area contributed by atoms with Gasteiger partial charge in [0.2, 0.25) is 0 Å². The Morgan fingerprint density at radius 2 is 1.88 bits per heavy atom. The number of hydrogen-bond acceptors (Lipinski definition) is 4. The van der Waals surface area contributed by atoms with Gasteiger partial charge in [-0.3, -0.25) is 4.79 Å². The van der Waals surface area contributed by atoms with Gasteiger partial charge in [0.25, 0.3) is 5.91 Å². The zero-order valence-electron chi connectivity index (χ0n) is 14.2. The van der Waals surface area contributed by atoms with Gasteiger partial charge in [-0.2, -0.15) is 0 Å². The number of carbonyl (C=O) groups excluding carboxylic acids is 1. The molecule has 5 heteroatoms. The van der Waals surface area contributed by atoms with E-state index < -0.39 is 6.10 Å². The molecule has 2 rings (SSSR count). The minimum absolute atomic E-state index is 0.180. The summed E-state index contributed by atoms with van der Waals surface area (Å²) < 4.78 is 16.5. The summed E-state index contributed by atoms with van der Waals surface area (Å²) in [6.07, 6.45) is -0.571. The van der Waals surface area contributed by atoms with Crippen LogP contribution in [0.25, 0.3) is 0 Å². The van der Waals surface area contributed by atoms with Crippen LogP contribution in [0.5, 0.6) is 17.2 Å². The van der Waals surface area contributed by atoms with Crippen LogP contribution >= 0.6 is 0 Å². The van der Waals surface area contributed by atoms with Crippen molar-refractivity contribution in [2.75, 3.05) is 20.3 Å². The quantitative estimate of drug-likeness (QED) is 0.757. The lowest BCUT2D eigenvalue weighted by molar-refractivity contribution is -0.127. The number of aryl methyl sites for hydroxylation is 1. The Morgan fingerprint density at radius 1 is 1.12 bits per heavy atom. The molecule has 0 aromatic heterocycles. The molecule has 1 N–H and O–H groups in total. The molecule has 0 aliphatic rings. The molecule has 0 unspecified atom stereocenters. The molecule has 0 heterocycles. The highest BCUT2D eigenvalue weighted by Gasteiger charge is 2.14. The molecule has 1 amide bonds. The lowest BCUT2D eigenvalue weighted by Gasteiger charge is -2.15. The molecule has 0 aliphatic carbocycles. The van der Waals surface area contributed by atoms with Gasteiger partial charge < -0.3 is 19.5 Å². The number of methoxy groups -OCH3 is 1. The predicted octanol–water partition coefficient (Wildman–Crippen LogP) is 2.97. The first-order valence-corrected chi connectivity index (χ1v) is 7.87. The highest BCUT2D eigenvalue weighted by Crippen LogP contribution is 2.25. The summed E-state index contributed by atoms with van der Waals surface area (Å²) in [6.45, 7) is 4.44. The zero-order valence-corrected chi connectivity index (χ0v) is 14.2. The molecular formula is C19H23NO4. The topological polar surface area (TPSA) is 56.8 Å². The highest BCUT2D eigenvalue weighted by molar-refractivity contribution is 5.80. The first-order chi connectivity index (χ1) is 11.6. The van der Waals surface area contributed by atoms with Crippen LogP contribution in [0.1, 0.15) is 12.5 Å². The first-order valence-electron chi connectivity index (χ1n) is 7.87. The average Bonchev–Trinajstić information content (AvgIpc) is 2.58. The summed E-state index contributed by atoms with van der Waals surface area (Å²) in [5.74, 6) is 1.82. The fraction of sp³-hybridized carbons (Fsp3) is 0.316. The molecule has 24 heavy (non-hydrogen) atoms. The van der Waals surface area contributed by atoms with Crippen molar-refractivity contribution in [2.24, 2.45) is 0 Å². The third-order valence-electron chi connectivity index (χ3n) is 3.40. The van der Waals surface area contributed by atoms with Crippen LogP contribution in [0.3, 0.4) is 0 Å². The minimum atomic E-state index is -0.571. The van der Waals surface area contributed by atoms with Crippen LogP contribution in [0.4, 0.5) is 0 Å². The van der Waals surface area contributed by atoms with Crippen LogP contribution in [-0.2, 0) is 4.79 Å². The highest BCUT2D eigenvalue weighted by atomic mass is 16.5. The Labute approximate surface area is 142 Å². The van der Waals surface area contributed by atoms with Gasteiger partial charge in [0.15, 0.2) is 17.6 Å². The summed E-state index contributed by atoms with van der Waals surface area (Å²) in [7, 11) is 1.59. The second-order valence-electron chi connectivity index (χ2n) is 5.37. The molecule has 0 spiro atoms. The molecule has 0 saturated heterocycles. The smallest absolute Gasteiger partial charge is 0.260 e. The third kappa shape index (κ3) is 5.19. The van der Waals surface area contributed by atoms with E-state index in [0.717, 1.165) is 5.56 Å². The number of amides is 1. The average molecular weight is 329 g/mol. The molecule has 2 aromatic rings. The van der Waals surface area contributed by atoms with Crippen molar-refractivity contribution in [3.8, 4) is 17.2 Å². The van der Waals surface area contributed by atoms with Crippen LogP contribution in [0, 0.1) is 6.92 Å². The normalized spacial score (nSPS) is 11.5. The fourth-order valence-corrected chi connectivity index (χ4v) is 2.16. The van der Waals surface area contributed by atoms with Crippen molar-refractivity contribution >= 4 is 5.91 Å². The Morgan fingerprint density at radius 3 is 2.58 bits per heavy atom. The number of nitrogens with one attached hydrogen (secondary N) is 1. The van der Waals surface area contributed by atoms with Crippen LogP contribution in [0.2, 0.25) is 0 Å². The summed E-state index contributed by atoms with van der Waals surface area (Å²) in [6, 6.07) is 15.0. The van der Waals surface area contributed by atoms with Gasteiger partial charge in [-0.15, -0.1) is 0 Å². The SMILES string of the molecule is COc1ccccc1OCCNC(=O)[C@@H](C)Oc1cccc(C)c1. The Bertz CT molecular complexity index is 672. The van der Waals surface area contributed by atoms with Gasteiger partial charge >= 0.3 is 0 Å². The van der Waals surface area contributed by atoms with Crippen molar-refractivity contribution in [3.05, 3.63) is 54.1 Å². The minimum Gasteiger partial charge on any atom is -0.493 e. The van der Waals surface area contributed by atoms with Gasteiger partial charge in [0.05, 0.1) is 13.7 Å². The molecular weight excluding hydrogens is 306 g/mol. The lowest BCUT2D eigenvalue weighted by atomic mass is 10.2. The van der Waals surface area contributed by atoms with Crippen molar-refractivity contribution < 1.29 is 19.0 Å². The van der Waals surface area contributed by atoms with Crippen LogP contribution in [0.15, 0.2) is 48.5 Å². The van der Waals surface area contributed by atoms with E-state index in [0.29, 0.717) is 30.4 Å². The summed E-state index contributed by atoms with van der Waals surface area (Å²) in [5, 5.41) is 2.80. The van der Waals surface area contributed by atoms with E-state index in [1.165, 1.54) is 0 Å². The molecule has 0 saturated carbocycles. The Hall–Kier alpha value is -2.69. The number of carbonyl (C=O) groups is 1. The number of para-hydroxylation sites is 2. The number of benzene rings is 2. The lowest BCUT2D eigenvalue weighted by Crippen LogP contribution is -2.38. The van der Waals surface area contributed by atoms with Gasteiger partial charge in [0, 0.05) is 0 Å². The molecule has 2 aromatic carbocycles. The number of ether oxygens (including phenoxy) is 3. The molecule has 0 aliphatic heterocycles. The first kappa shape index (κ1) is 17.7. The standard InChI is InChI=1S/C19H23NO4/c1-14-7-6-8-16(13-14)24-15(2)19(21)20-11-12-23-18-10-5-4-9-17(18)22-3/h4-10,13,15H,11-12H2,1-3H3,(H,20,21)/t15-/m1/s1. The zero-order chi connectivity index (χ0) is 17.4. The largest absolute Gasteiger partial charge is 0.493 e. The molecule has 1 atom stereocenters. The fourth-order valence-electron chi connectivity index (χ4n) is 2.16. The monoisotopic (exact) mass is 329 g/mol. The van der Waals surface area contributed by atoms with E-state index in [-0.39, 0.29) is 5.91 Å². The Kier molecular flexibility index (Phi) is 6.49. The van der Waals surface area contributed by atoms with E-state index in [1.54, 1.807) is 14.0 Å². The second kappa shape index (κ2) is 8.82. The van der Waals surface area contributed by atoms with Crippen molar-refractivity contribution in [2.45, 2.75) is 20.0 Å². The van der Waals surface area contributed by atoms with E-state index >= 15 is 0 Å². The van der Waals surface area contributed by atoms with Crippen molar-refractivity contribution in [1.82, 2.24) is 5.32 Å². The molecule has 0 bridgehead atoms. The molecule has 0 fully saturated rings. The maximum absolute atomic E-state index is 12.1. The maximum Gasteiger partial charge on any atom is 0.260 e. The Balaban J connectivity index is 1.74. The van der Waals surface area contributed by atoms with Gasteiger partial charge in [-0.1, -0.05) is 24.3 Å².